The number of ether oxygens (including phenoxy) is 2. The second-order valence-corrected chi connectivity index (χ2v) is 9.62. The van der Waals surface area contributed by atoms with Gasteiger partial charge in [0.1, 0.15) is 18.1 Å². The third-order valence-electron chi connectivity index (χ3n) is 5.69. The largest absolute Gasteiger partial charge is 0.497 e. The minimum Gasteiger partial charge on any atom is -0.497 e. The maximum absolute atomic E-state index is 13.2. The molecule has 2 amide bonds. The number of nitrogens with zero attached hydrogens (tertiary/aromatic N) is 3. The zero-order valence-electron chi connectivity index (χ0n) is 21.9. The summed E-state index contributed by atoms with van der Waals surface area (Å²) in [6.45, 7) is 5.65. The van der Waals surface area contributed by atoms with Crippen molar-refractivity contribution < 1.29 is 32.2 Å². The molecule has 8 nitrogen and oxygen atoms in total. The Morgan fingerprint density at radius 3 is 2.29 bits per heavy atom. The van der Waals surface area contributed by atoms with Crippen molar-refractivity contribution in [1.29, 1.82) is 0 Å². The van der Waals surface area contributed by atoms with Gasteiger partial charge in [0.2, 0.25) is 5.91 Å². The third kappa shape index (κ3) is 7.12. The van der Waals surface area contributed by atoms with Crippen LogP contribution in [-0.4, -0.2) is 60.4 Å². The fourth-order valence-electron chi connectivity index (χ4n) is 3.58. The second kappa shape index (κ2) is 11.7. The van der Waals surface area contributed by atoms with Crippen LogP contribution in [0, 0.1) is 0 Å². The SMILES string of the molecule is COCCN(CC(=O)Nc1cc(C(C)(C)C)nn1-c1ccc(OC)cc1)C(=O)c1cccc(C(F)(F)F)c1. The molecule has 11 heteroatoms. The molecule has 3 rings (SSSR count). The Bertz CT molecular complexity index is 1260. The Hall–Kier alpha value is -3.86. The summed E-state index contributed by atoms with van der Waals surface area (Å²) in [5.41, 5.74) is -0.0476. The van der Waals surface area contributed by atoms with Gasteiger partial charge in [0.05, 0.1) is 30.7 Å². The molecule has 1 heterocycles. The monoisotopic (exact) mass is 532 g/mol. The van der Waals surface area contributed by atoms with E-state index in [1.165, 1.54) is 13.2 Å². The van der Waals surface area contributed by atoms with Crippen LogP contribution >= 0.6 is 0 Å². The van der Waals surface area contributed by atoms with Crippen LogP contribution in [0.1, 0.15) is 42.4 Å². The quantitative estimate of drug-likeness (QED) is 0.423. The summed E-state index contributed by atoms with van der Waals surface area (Å²) >= 11 is 0. The highest BCUT2D eigenvalue weighted by Crippen LogP contribution is 2.30. The van der Waals surface area contributed by atoms with Crippen LogP contribution in [0.2, 0.25) is 0 Å². The number of amides is 2. The van der Waals surface area contributed by atoms with E-state index in [1.807, 2.05) is 20.8 Å². The first-order chi connectivity index (χ1) is 17.8. The topological polar surface area (TPSA) is 85.7 Å². The van der Waals surface area contributed by atoms with Crippen molar-refractivity contribution in [2.45, 2.75) is 32.4 Å². The van der Waals surface area contributed by atoms with Crippen molar-refractivity contribution in [3.8, 4) is 11.4 Å². The lowest BCUT2D eigenvalue weighted by Gasteiger charge is -2.22. The van der Waals surface area contributed by atoms with Crippen LogP contribution in [0.5, 0.6) is 5.75 Å². The molecule has 1 aromatic heterocycles. The molecular formula is C27H31F3N4O4. The number of methoxy groups -OCH3 is 2. The molecule has 0 saturated carbocycles. The summed E-state index contributed by atoms with van der Waals surface area (Å²) in [6.07, 6.45) is -4.60. The van der Waals surface area contributed by atoms with Gasteiger partial charge in [-0.1, -0.05) is 26.8 Å². The lowest BCUT2D eigenvalue weighted by Crippen LogP contribution is -2.40. The van der Waals surface area contributed by atoms with Gasteiger partial charge in [0.25, 0.3) is 5.91 Å². The smallest absolute Gasteiger partial charge is 0.416 e. The first-order valence-electron chi connectivity index (χ1n) is 11.8. The van der Waals surface area contributed by atoms with E-state index >= 15 is 0 Å². The number of hydrogen-bond donors (Lipinski definition) is 1. The molecule has 0 radical (unpaired) electrons. The van der Waals surface area contributed by atoms with Crippen LogP contribution < -0.4 is 10.1 Å². The van der Waals surface area contributed by atoms with Gasteiger partial charge < -0.3 is 19.7 Å². The van der Waals surface area contributed by atoms with Gasteiger partial charge in [-0.3, -0.25) is 9.59 Å². The van der Waals surface area contributed by atoms with Crippen molar-refractivity contribution in [1.82, 2.24) is 14.7 Å². The predicted octanol–water partition coefficient (Wildman–Crippen LogP) is 4.92. The molecule has 0 aliphatic carbocycles. The minimum atomic E-state index is -4.60. The van der Waals surface area contributed by atoms with Gasteiger partial charge in [-0.2, -0.15) is 18.3 Å². The summed E-state index contributed by atoms with van der Waals surface area (Å²) in [5.74, 6) is -0.230. The van der Waals surface area contributed by atoms with E-state index in [2.05, 4.69) is 10.4 Å². The van der Waals surface area contributed by atoms with Crippen molar-refractivity contribution >= 4 is 17.6 Å². The van der Waals surface area contributed by atoms with E-state index in [0.717, 1.165) is 28.8 Å². The average molecular weight is 533 g/mol. The molecule has 38 heavy (non-hydrogen) atoms. The molecule has 3 aromatic rings. The number of halogens is 3. The standard InChI is InChI=1S/C27H31F3N4O4/c1-26(2,3)22-16-23(34(32-22)20-9-11-21(38-5)12-10-20)31-24(35)17-33(13-14-37-4)25(36)18-7-6-8-19(15-18)27(28,29)30/h6-12,15-16H,13-14,17H2,1-5H3,(H,31,35). The highest BCUT2D eigenvalue weighted by molar-refractivity contribution is 5.99. The highest BCUT2D eigenvalue weighted by atomic mass is 19.4. The molecule has 1 N–H and O–H groups in total. The minimum absolute atomic E-state index is 0.00395. The second-order valence-electron chi connectivity index (χ2n) is 9.62. The number of nitrogens with one attached hydrogen (secondary N) is 1. The van der Waals surface area contributed by atoms with Gasteiger partial charge in [0, 0.05) is 30.7 Å². The molecule has 204 valence electrons. The number of rotatable bonds is 9. The van der Waals surface area contributed by atoms with Crippen molar-refractivity contribution in [2.75, 3.05) is 39.2 Å². The summed E-state index contributed by atoms with van der Waals surface area (Å²) in [7, 11) is 2.98. The van der Waals surface area contributed by atoms with Gasteiger partial charge in [-0.15, -0.1) is 0 Å². The van der Waals surface area contributed by atoms with Gasteiger partial charge >= 0.3 is 6.18 Å². The first kappa shape index (κ1) is 28.7. The summed E-state index contributed by atoms with van der Waals surface area (Å²) in [5, 5.41) is 7.45. The molecule has 0 aliphatic rings. The normalized spacial score (nSPS) is 11.8. The zero-order valence-corrected chi connectivity index (χ0v) is 21.9. The lowest BCUT2D eigenvalue weighted by atomic mass is 9.92. The Balaban J connectivity index is 1.87. The number of anilines is 1. The van der Waals surface area contributed by atoms with Gasteiger partial charge in [0.15, 0.2) is 0 Å². The van der Waals surface area contributed by atoms with E-state index < -0.39 is 30.1 Å². The number of carbonyl (C=O) groups excluding carboxylic acids is 2. The van der Waals surface area contributed by atoms with Crippen LogP contribution in [0.25, 0.3) is 5.69 Å². The number of aromatic nitrogens is 2. The molecular weight excluding hydrogens is 501 g/mol. The summed E-state index contributed by atoms with van der Waals surface area (Å²) in [4.78, 5) is 27.3. The van der Waals surface area contributed by atoms with Crippen LogP contribution in [0.4, 0.5) is 19.0 Å². The van der Waals surface area contributed by atoms with Crippen molar-refractivity contribution in [3.05, 3.63) is 71.4 Å². The zero-order chi connectivity index (χ0) is 28.1. The lowest BCUT2D eigenvalue weighted by molar-refractivity contribution is -0.137. The number of alkyl halides is 3. The molecule has 0 unspecified atom stereocenters. The Morgan fingerprint density at radius 1 is 1.03 bits per heavy atom. The first-order valence-corrected chi connectivity index (χ1v) is 11.8. The van der Waals surface area contributed by atoms with Crippen molar-refractivity contribution in [3.63, 3.8) is 0 Å². The fraction of sp³-hybridized carbons (Fsp3) is 0.370. The number of hydrogen-bond acceptors (Lipinski definition) is 5. The Morgan fingerprint density at radius 2 is 1.71 bits per heavy atom. The maximum atomic E-state index is 13.2. The molecule has 0 bridgehead atoms. The highest BCUT2D eigenvalue weighted by Gasteiger charge is 2.31. The van der Waals surface area contributed by atoms with Crippen LogP contribution in [-0.2, 0) is 21.1 Å². The van der Waals surface area contributed by atoms with E-state index in [9.17, 15) is 22.8 Å². The van der Waals surface area contributed by atoms with E-state index in [1.54, 1.807) is 42.1 Å². The average Bonchev–Trinajstić information content (AvgIpc) is 3.30. The van der Waals surface area contributed by atoms with Gasteiger partial charge in [-0.05, 0) is 42.5 Å². The van der Waals surface area contributed by atoms with Crippen LogP contribution in [0.15, 0.2) is 54.6 Å². The molecule has 0 fully saturated rings. The fourth-order valence-corrected chi connectivity index (χ4v) is 3.58. The van der Waals surface area contributed by atoms with E-state index in [0.29, 0.717) is 17.3 Å². The van der Waals surface area contributed by atoms with Crippen LogP contribution in [0.3, 0.4) is 0 Å². The van der Waals surface area contributed by atoms with E-state index in [4.69, 9.17) is 9.47 Å². The van der Waals surface area contributed by atoms with E-state index in [-0.39, 0.29) is 24.1 Å². The predicted molar refractivity (Wildman–Crippen MR) is 137 cm³/mol. The molecule has 2 aromatic carbocycles. The number of benzene rings is 2. The molecule has 0 saturated heterocycles. The Labute approximate surface area is 219 Å². The Kier molecular flexibility index (Phi) is 8.82. The maximum Gasteiger partial charge on any atom is 0.416 e. The molecule has 0 atom stereocenters. The molecule has 0 aliphatic heterocycles. The third-order valence-corrected chi connectivity index (χ3v) is 5.69. The summed E-state index contributed by atoms with van der Waals surface area (Å²) < 4.78 is 51.3. The van der Waals surface area contributed by atoms with Gasteiger partial charge in [-0.25, -0.2) is 4.68 Å². The number of carbonyl (C=O) groups is 2. The van der Waals surface area contributed by atoms with Crippen molar-refractivity contribution in [2.24, 2.45) is 0 Å². The summed E-state index contributed by atoms with van der Waals surface area (Å²) in [6, 6.07) is 12.9. The molecule has 0 spiro atoms.